The number of amides is 2. The Hall–Kier alpha value is -3.89. The normalized spacial score (nSPS) is 10.9. The maximum absolute atomic E-state index is 13.5. The molecule has 3 aromatic rings. The second-order valence-electron chi connectivity index (χ2n) is 7.32. The molecule has 8 nitrogen and oxygen atoms in total. The Kier molecular flexibility index (Phi) is 7.87. The molecule has 0 bridgehead atoms. The first-order valence-electron chi connectivity index (χ1n) is 10.5. The molecule has 0 atom stereocenters. The third-order valence-corrected chi connectivity index (χ3v) is 4.98. The summed E-state index contributed by atoms with van der Waals surface area (Å²) in [6.07, 6.45) is -2.79. The van der Waals surface area contributed by atoms with E-state index in [-0.39, 0.29) is 36.7 Å². The van der Waals surface area contributed by atoms with Crippen LogP contribution in [0.1, 0.15) is 24.7 Å². The van der Waals surface area contributed by atoms with Crippen LogP contribution in [0.5, 0.6) is 5.88 Å². The number of likely N-dealkylation sites (N-methyl/N-ethyl adjacent to an activating group) is 1. The molecule has 2 heterocycles. The summed E-state index contributed by atoms with van der Waals surface area (Å²) in [6, 6.07) is 8.06. The van der Waals surface area contributed by atoms with E-state index in [0.717, 1.165) is 0 Å². The van der Waals surface area contributed by atoms with Gasteiger partial charge in [0.15, 0.2) is 0 Å². The number of aromatic nitrogens is 3. The zero-order valence-electron chi connectivity index (χ0n) is 19.0. The Morgan fingerprint density at radius 3 is 2.47 bits per heavy atom. The lowest BCUT2D eigenvalue weighted by molar-refractivity contribution is 0.146. The molecule has 3 rings (SSSR count). The van der Waals surface area contributed by atoms with Crippen molar-refractivity contribution in [3.05, 3.63) is 53.6 Å². The van der Waals surface area contributed by atoms with Crippen LogP contribution in [0.15, 0.2) is 36.4 Å². The molecular weight excluding hydrogens is 449 g/mol. The summed E-state index contributed by atoms with van der Waals surface area (Å²) in [5.74, 6) is -0.514. The lowest BCUT2D eigenvalue weighted by atomic mass is 9.99. The second-order valence-corrected chi connectivity index (χ2v) is 7.32. The van der Waals surface area contributed by atoms with Gasteiger partial charge in [-0.1, -0.05) is 0 Å². The van der Waals surface area contributed by atoms with Crippen LogP contribution >= 0.6 is 0 Å². The summed E-state index contributed by atoms with van der Waals surface area (Å²) in [5.41, 5.74) is 7.29. The summed E-state index contributed by atoms with van der Waals surface area (Å²) < 4.78 is 46.4. The molecule has 34 heavy (non-hydrogen) atoms. The van der Waals surface area contributed by atoms with Crippen molar-refractivity contribution in [2.75, 3.05) is 32.5 Å². The van der Waals surface area contributed by atoms with Crippen LogP contribution in [-0.4, -0.2) is 52.6 Å². The summed E-state index contributed by atoms with van der Waals surface area (Å²) in [5, 5.41) is 2.55. The van der Waals surface area contributed by atoms with Crippen LogP contribution in [0.2, 0.25) is 0 Å². The Balaban J connectivity index is 2.12. The fraction of sp³-hybridized carbons (Fsp3) is 0.304. The molecule has 0 aliphatic heterocycles. The van der Waals surface area contributed by atoms with Crippen molar-refractivity contribution in [3.8, 4) is 28.3 Å². The van der Waals surface area contributed by atoms with Crippen molar-refractivity contribution < 1.29 is 22.7 Å². The van der Waals surface area contributed by atoms with Crippen LogP contribution in [0.3, 0.4) is 0 Å². The number of nitrogens with one attached hydrogen (secondary N) is 1. The predicted octanol–water partition coefficient (Wildman–Crippen LogP) is 4.21. The number of carbonyl (C=O) groups excluding carboxylic acids is 1. The first-order valence-corrected chi connectivity index (χ1v) is 10.5. The lowest BCUT2D eigenvalue weighted by Gasteiger charge is -2.21. The number of urea groups is 1. The van der Waals surface area contributed by atoms with E-state index in [0.29, 0.717) is 28.9 Å². The fourth-order valence-electron chi connectivity index (χ4n) is 3.40. The number of nitrogen functional groups attached to an aromatic ring is 1. The molecule has 0 aliphatic rings. The summed E-state index contributed by atoms with van der Waals surface area (Å²) in [4.78, 5) is 25.8. The molecule has 1 aromatic carbocycles. The van der Waals surface area contributed by atoms with E-state index in [1.165, 1.54) is 42.3 Å². The highest BCUT2D eigenvalue weighted by molar-refractivity contribution is 5.85. The van der Waals surface area contributed by atoms with E-state index < -0.39 is 17.9 Å². The van der Waals surface area contributed by atoms with Gasteiger partial charge in [0, 0.05) is 24.8 Å². The minimum absolute atomic E-state index is 0.0469. The lowest BCUT2D eigenvalue weighted by Crippen LogP contribution is -2.40. The third kappa shape index (κ3) is 5.72. The molecule has 3 N–H and O–H groups in total. The average molecular weight is 474 g/mol. The monoisotopic (exact) mass is 474 g/mol. The smallest absolute Gasteiger partial charge is 0.317 e. The number of hydrogen-bond acceptors (Lipinski definition) is 6. The molecule has 0 fully saturated rings. The first-order chi connectivity index (χ1) is 16.2. The topological polar surface area (TPSA) is 106 Å². The molecule has 0 saturated heterocycles. The summed E-state index contributed by atoms with van der Waals surface area (Å²) in [6.45, 7) is 4.15. The van der Waals surface area contributed by atoms with E-state index in [9.17, 15) is 18.0 Å². The molecule has 0 radical (unpaired) electrons. The Labute approximate surface area is 195 Å². The number of halogens is 3. The van der Waals surface area contributed by atoms with Crippen molar-refractivity contribution in [2.24, 2.45) is 0 Å². The SMILES string of the molecule is CCN(CCOc1nc(N)nc(-c2ccc(F)cc2)c1-c1cc(C)nc(C(F)F)c1)C(=O)NC. The number of ether oxygens (including phenoxy) is 1. The minimum Gasteiger partial charge on any atom is -0.475 e. The van der Waals surface area contributed by atoms with Gasteiger partial charge in [0.1, 0.15) is 18.1 Å². The van der Waals surface area contributed by atoms with Gasteiger partial charge in [-0.2, -0.15) is 4.98 Å². The molecule has 0 spiro atoms. The van der Waals surface area contributed by atoms with Gasteiger partial charge in [0.25, 0.3) is 6.43 Å². The number of pyridine rings is 1. The number of nitrogens with zero attached hydrogens (tertiary/aromatic N) is 4. The Morgan fingerprint density at radius 2 is 1.85 bits per heavy atom. The van der Waals surface area contributed by atoms with Crippen LogP contribution in [-0.2, 0) is 0 Å². The Bertz CT molecular complexity index is 1160. The molecule has 0 unspecified atom stereocenters. The highest BCUT2D eigenvalue weighted by atomic mass is 19.3. The van der Waals surface area contributed by atoms with Gasteiger partial charge < -0.3 is 20.7 Å². The fourth-order valence-corrected chi connectivity index (χ4v) is 3.40. The number of carbonyl (C=O) groups is 1. The number of hydrogen-bond donors (Lipinski definition) is 2. The van der Waals surface area contributed by atoms with E-state index in [2.05, 4.69) is 20.3 Å². The standard InChI is InChI=1S/C23H25F3N6O2/c1-4-32(23(33)28-3)9-10-34-21-18(15-11-13(2)29-17(12-15)20(25)26)19(30-22(27)31-21)14-5-7-16(24)8-6-14/h5-8,11-12,20H,4,9-10H2,1-3H3,(H,28,33)(H2,27,30,31). The van der Waals surface area contributed by atoms with E-state index in [1.807, 2.05) is 6.92 Å². The molecule has 180 valence electrons. The third-order valence-electron chi connectivity index (χ3n) is 4.98. The van der Waals surface area contributed by atoms with Gasteiger partial charge >= 0.3 is 6.03 Å². The Morgan fingerprint density at radius 1 is 1.15 bits per heavy atom. The number of aryl methyl sites for hydroxylation is 1. The second kappa shape index (κ2) is 10.8. The van der Waals surface area contributed by atoms with E-state index >= 15 is 0 Å². The maximum atomic E-state index is 13.5. The minimum atomic E-state index is -2.79. The predicted molar refractivity (Wildman–Crippen MR) is 122 cm³/mol. The molecular formula is C23H25F3N6O2. The zero-order valence-corrected chi connectivity index (χ0v) is 19.0. The van der Waals surface area contributed by atoms with Crippen LogP contribution in [0, 0.1) is 12.7 Å². The molecule has 2 amide bonds. The van der Waals surface area contributed by atoms with Crippen molar-refractivity contribution in [1.82, 2.24) is 25.2 Å². The molecule has 0 saturated carbocycles. The highest BCUT2D eigenvalue weighted by Crippen LogP contribution is 2.39. The quantitative estimate of drug-likeness (QED) is 0.507. The number of alkyl halides is 2. The van der Waals surface area contributed by atoms with Crippen molar-refractivity contribution in [2.45, 2.75) is 20.3 Å². The zero-order chi connectivity index (χ0) is 24.8. The van der Waals surface area contributed by atoms with Crippen molar-refractivity contribution >= 4 is 12.0 Å². The van der Waals surface area contributed by atoms with Crippen LogP contribution in [0.4, 0.5) is 23.9 Å². The van der Waals surface area contributed by atoms with Crippen LogP contribution < -0.4 is 15.8 Å². The average Bonchev–Trinajstić information content (AvgIpc) is 2.81. The van der Waals surface area contributed by atoms with E-state index in [1.54, 1.807) is 13.0 Å². The van der Waals surface area contributed by atoms with Gasteiger partial charge in [-0.3, -0.25) is 4.98 Å². The van der Waals surface area contributed by atoms with Crippen molar-refractivity contribution in [1.29, 1.82) is 0 Å². The number of rotatable bonds is 8. The summed E-state index contributed by atoms with van der Waals surface area (Å²) in [7, 11) is 1.52. The number of anilines is 1. The molecule has 11 heteroatoms. The number of benzene rings is 1. The van der Waals surface area contributed by atoms with Crippen LogP contribution in [0.25, 0.3) is 22.4 Å². The number of nitrogens with two attached hydrogens (primary N) is 1. The van der Waals surface area contributed by atoms with Gasteiger partial charge in [-0.25, -0.2) is 22.9 Å². The largest absolute Gasteiger partial charge is 0.475 e. The van der Waals surface area contributed by atoms with Crippen molar-refractivity contribution in [3.63, 3.8) is 0 Å². The first kappa shape index (κ1) is 24.7. The summed E-state index contributed by atoms with van der Waals surface area (Å²) >= 11 is 0. The van der Waals surface area contributed by atoms with Gasteiger partial charge in [0.2, 0.25) is 11.8 Å². The van der Waals surface area contributed by atoms with Gasteiger partial charge in [-0.15, -0.1) is 0 Å². The highest BCUT2D eigenvalue weighted by Gasteiger charge is 2.22. The van der Waals surface area contributed by atoms with Gasteiger partial charge in [0.05, 0.1) is 17.8 Å². The van der Waals surface area contributed by atoms with Gasteiger partial charge in [-0.05, 0) is 55.8 Å². The molecule has 0 aliphatic carbocycles. The van der Waals surface area contributed by atoms with E-state index in [4.69, 9.17) is 10.5 Å². The maximum Gasteiger partial charge on any atom is 0.317 e. The molecule has 2 aromatic heterocycles.